The van der Waals surface area contributed by atoms with Crippen LogP contribution in [0.25, 0.3) is 0 Å². The van der Waals surface area contributed by atoms with Gasteiger partial charge in [0.15, 0.2) is 0 Å². The SMILES string of the molecule is Cc1cc(OC(F)F)cc(C#N)c1F. The van der Waals surface area contributed by atoms with Gasteiger partial charge in [-0.05, 0) is 18.6 Å². The molecule has 2 nitrogen and oxygen atoms in total. The van der Waals surface area contributed by atoms with Crippen LogP contribution in [0.3, 0.4) is 0 Å². The van der Waals surface area contributed by atoms with Crippen LogP contribution in [0, 0.1) is 24.1 Å². The first kappa shape index (κ1) is 10.4. The molecule has 0 aliphatic carbocycles. The zero-order valence-electron chi connectivity index (χ0n) is 7.22. The lowest BCUT2D eigenvalue weighted by atomic mass is 10.1. The summed E-state index contributed by atoms with van der Waals surface area (Å²) in [5, 5.41) is 8.47. The van der Waals surface area contributed by atoms with Crippen LogP contribution in [0.2, 0.25) is 0 Å². The number of aryl methyl sites for hydroxylation is 1. The number of hydrogen-bond acceptors (Lipinski definition) is 2. The Morgan fingerprint density at radius 3 is 2.57 bits per heavy atom. The molecule has 0 saturated carbocycles. The number of alkyl halides is 2. The van der Waals surface area contributed by atoms with Crippen molar-refractivity contribution in [1.82, 2.24) is 0 Å². The topological polar surface area (TPSA) is 33.0 Å². The Hall–Kier alpha value is -1.70. The van der Waals surface area contributed by atoms with Crippen LogP contribution in [-0.2, 0) is 0 Å². The van der Waals surface area contributed by atoms with E-state index in [1.807, 2.05) is 0 Å². The molecule has 0 aromatic heterocycles. The summed E-state index contributed by atoms with van der Waals surface area (Å²) in [7, 11) is 0. The Balaban J connectivity index is 3.11. The lowest BCUT2D eigenvalue weighted by molar-refractivity contribution is -0.0499. The first-order valence-corrected chi connectivity index (χ1v) is 3.69. The van der Waals surface area contributed by atoms with Crippen molar-refractivity contribution in [1.29, 1.82) is 5.26 Å². The molecule has 0 N–H and O–H groups in total. The van der Waals surface area contributed by atoms with Crippen molar-refractivity contribution in [2.75, 3.05) is 0 Å². The minimum atomic E-state index is -2.98. The Bertz CT molecular complexity index is 384. The van der Waals surface area contributed by atoms with E-state index in [1.54, 1.807) is 6.07 Å². The summed E-state index contributed by atoms with van der Waals surface area (Å²) < 4.78 is 40.7. The number of nitriles is 1. The summed E-state index contributed by atoms with van der Waals surface area (Å²) >= 11 is 0. The average Bonchev–Trinajstić information content (AvgIpc) is 2.10. The van der Waals surface area contributed by atoms with Crippen LogP contribution in [0.5, 0.6) is 5.75 Å². The van der Waals surface area contributed by atoms with Crippen molar-refractivity contribution >= 4 is 0 Å². The average molecular weight is 201 g/mol. The Morgan fingerprint density at radius 1 is 1.43 bits per heavy atom. The highest BCUT2D eigenvalue weighted by Gasteiger charge is 2.10. The molecule has 0 radical (unpaired) electrons. The van der Waals surface area contributed by atoms with Gasteiger partial charge in [0.2, 0.25) is 0 Å². The van der Waals surface area contributed by atoms with E-state index in [9.17, 15) is 13.2 Å². The fourth-order valence-electron chi connectivity index (χ4n) is 0.989. The Kier molecular flexibility index (Phi) is 2.97. The van der Waals surface area contributed by atoms with E-state index in [0.29, 0.717) is 0 Å². The van der Waals surface area contributed by atoms with Gasteiger partial charge in [0.05, 0.1) is 5.56 Å². The predicted octanol–water partition coefficient (Wildman–Crippen LogP) is 2.61. The highest BCUT2D eigenvalue weighted by molar-refractivity contribution is 5.41. The summed E-state index contributed by atoms with van der Waals surface area (Å²) in [6.07, 6.45) is 0. The molecular weight excluding hydrogens is 195 g/mol. The van der Waals surface area contributed by atoms with Gasteiger partial charge in [0.1, 0.15) is 17.6 Å². The molecule has 0 aliphatic heterocycles. The summed E-state index contributed by atoms with van der Waals surface area (Å²) in [6, 6.07) is 3.60. The first-order valence-electron chi connectivity index (χ1n) is 3.69. The van der Waals surface area contributed by atoms with Crippen molar-refractivity contribution in [2.45, 2.75) is 13.5 Å². The molecule has 1 aromatic rings. The van der Waals surface area contributed by atoms with Crippen molar-refractivity contribution in [3.63, 3.8) is 0 Å². The maximum absolute atomic E-state index is 13.1. The minimum absolute atomic E-state index is 0.0969. The fourth-order valence-corrected chi connectivity index (χ4v) is 0.989. The second-order valence-electron chi connectivity index (χ2n) is 2.59. The summed E-state index contributed by atoms with van der Waals surface area (Å²) in [5.41, 5.74) is -0.208. The Labute approximate surface area is 78.5 Å². The van der Waals surface area contributed by atoms with Gasteiger partial charge in [-0.15, -0.1) is 0 Å². The van der Waals surface area contributed by atoms with Gasteiger partial charge in [0, 0.05) is 6.07 Å². The van der Waals surface area contributed by atoms with Crippen LogP contribution in [0.1, 0.15) is 11.1 Å². The van der Waals surface area contributed by atoms with Crippen molar-refractivity contribution in [3.05, 3.63) is 29.1 Å². The number of rotatable bonds is 2. The van der Waals surface area contributed by atoms with E-state index in [0.717, 1.165) is 12.1 Å². The van der Waals surface area contributed by atoms with E-state index < -0.39 is 12.4 Å². The maximum atomic E-state index is 13.1. The standard InChI is InChI=1S/C9H6F3NO/c1-5-2-7(14-9(11)12)3-6(4-13)8(5)10/h2-3,9H,1H3. The summed E-state index contributed by atoms with van der Waals surface area (Å²) in [4.78, 5) is 0. The molecule has 1 rings (SSSR count). The largest absolute Gasteiger partial charge is 0.435 e. The number of nitrogens with zero attached hydrogens (tertiary/aromatic N) is 1. The molecule has 0 bridgehead atoms. The van der Waals surface area contributed by atoms with Gasteiger partial charge in [-0.2, -0.15) is 14.0 Å². The van der Waals surface area contributed by atoms with Gasteiger partial charge < -0.3 is 4.74 Å². The summed E-state index contributed by atoms with van der Waals surface area (Å²) in [6.45, 7) is -1.61. The van der Waals surface area contributed by atoms with Crippen LogP contribution < -0.4 is 4.74 Å². The highest BCUT2D eigenvalue weighted by atomic mass is 19.3. The third-order valence-corrected chi connectivity index (χ3v) is 1.57. The van der Waals surface area contributed by atoms with E-state index >= 15 is 0 Å². The van der Waals surface area contributed by atoms with E-state index in [1.165, 1.54) is 6.92 Å². The van der Waals surface area contributed by atoms with Crippen LogP contribution in [0.4, 0.5) is 13.2 Å². The smallest absolute Gasteiger partial charge is 0.387 e. The third-order valence-electron chi connectivity index (χ3n) is 1.57. The molecule has 14 heavy (non-hydrogen) atoms. The van der Waals surface area contributed by atoms with Gasteiger partial charge in [-0.3, -0.25) is 0 Å². The van der Waals surface area contributed by atoms with Gasteiger partial charge in [0.25, 0.3) is 0 Å². The lowest BCUT2D eigenvalue weighted by Crippen LogP contribution is -2.03. The number of benzene rings is 1. The molecule has 0 spiro atoms. The van der Waals surface area contributed by atoms with E-state index in [2.05, 4.69) is 4.74 Å². The molecule has 0 atom stereocenters. The normalized spacial score (nSPS) is 10.0. The van der Waals surface area contributed by atoms with Crippen molar-refractivity contribution in [2.24, 2.45) is 0 Å². The molecule has 0 amide bonds. The third kappa shape index (κ3) is 2.16. The van der Waals surface area contributed by atoms with Gasteiger partial charge in [-0.25, -0.2) is 4.39 Å². The van der Waals surface area contributed by atoms with Crippen molar-refractivity contribution in [3.8, 4) is 11.8 Å². The van der Waals surface area contributed by atoms with Gasteiger partial charge in [-0.1, -0.05) is 0 Å². The van der Waals surface area contributed by atoms with E-state index in [4.69, 9.17) is 5.26 Å². The molecule has 74 valence electrons. The summed E-state index contributed by atoms with van der Waals surface area (Å²) in [5.74, 6) is -0.926. The van der Waals surface area contributed by atoms with E-state index in [-0.39, 0.29) is 16.9 Å². The molecule has 0 fully saturated rings. The van der Waals surface area contributed by atoms with Crippen LogP contribution >= 0.6 is 0 Å². The van der Waals surface area contributed by atoms with Gasteiger partial charge >= 0.3 is 6.61 Å². The maximum Gasteiger partial charge on any atom is 0.387 e. The number of ether oxygens (including phenoxy) is 1. The molecule has 1 aromatic carbocycles. The van der Waals surface area contributed by atoms with Crippen LogP contribution in [-0.4, -0.2) is 6.61 Å². The number of halogens is 3. The molecule has 0 unspecified atom stereocenters. The molecule has 5 heteroatoms. The molecule has 0 saturated heterocycles. The lowest BCUT2D eigenvalue weighted by Gasteiger charge is -2.06. The number of hydrogen-bond donors (Lipinski definition) is 0. The Morgan fingerprint density at radius 2 is 2.07 bits per heavy atom. The molecule has 0 aliphatic rings. The quantitative estimate of drug-likeness (QED) is 0.736. The molecule has 0 heterocycles. The van der Waals surface area contributed by atoms with Crippen LogP contribution in [0.15, 0.2) is 12.1 Å². The predicted molar refractivity (Wildman–Crippen MR) is 42.5 cm³/mol. The second kappa shape index (κ2) is 4.01. The zero-order valence-corrected chi connectivity index (χ0v) is 7.22. The highest BCUT2D eigenvalue weighted by Crippen LogP contribution is 2.21. The van der Waals surface area contributed by atoms with Crippen molar-refractivity contribution < 1.29 is 17.9 Å². The second-order valence-corrected chi connectivity index (χ2v) is 2.59. The zero-order chi connectivity index (χ0) is 10.7. The minimum Gasteiger partial charge on any atom is -0.435 e. The monoisotopic (exact) mass is 201 g/mol. The first-order chi connectivity index (χ1) is 6.54. The fraction of sp³-hybridized carbons (Fsp3) is 0.222. The molecular formula is C9H6F3NO.